The quantitative estimate of drug-likeness (QED) is 0.377. The highest BCUT2D eigenvalue weighted by Gasteiger charge is 2.03. The third-order valence-corrected chi connectivity index (χ3v) is 3.32. The predicted molar refractivity (Wildman–Crippen MR) is 68.7 cm³/mol. The van der Waals surface area contributed by atoms with E-state index < -0.39 is 0 Å². The van der Waals surface area contributed by atoms with Gasteiger partial charge in [-0.1, -0.05) is 0 Å². The zero-order valence-corrected chi connectivity index (χ0v) is 10.8. The standard InChI is InChI=1S/C12H17N3S/c1-9(15-11(3)14-8-13)4-6-12-7-5-10(2)16-12/h5,7,9H,4,6H2,1-3H3,(H,14,15). The molecule has 1 unspecified atom stereocenters. The molecule has 3 nitrogen and oxygen atoms in total. The van der Waals surface area contributed by atoms with Gasteiger partial charge in [-0.25, -0.2) is 0 Å². The molecule has 1 heterocycles. The molecule has 1 N–H and O–H groups in total. The normalized spacial score (nSPS) is 13.2. The molecule has 0 saturated heterocycles. The Morgan fingerprint density at radius 1 is 1.62 bits per heavy atom. The summed E-state index contributed by atoms with van der Waals surface area (Å²) in [5, 5.41) is 11.0. The first kappa shape index (κ1) is 12.7. The summed E-state index contributed by atoms with van der Waals surface area (Å²) in [4.78, 5) is 7.14. The summed E-state index contributed by atoms with van der Waals surface area (Å²) in [6.45, 7) is 6.01. The number of thiophene rings is 1. The lowest BCUT2D eigenvalue weighted by Gasteiger charge is -2.06. The van der Waals surface area contributed by atoms with E-state index in [1.54, 1.807) is 0 Å². The molecule has 86 valence electrons. The van der Waals surface area contributed by atoms with Crippen molar-refractivity contribution in [1.29, 1.82) is 5.26 Å². The van der Waals surface area contributed by atoms with Crippen molar-refractivity contribution in [3.8, 4) is 6.19 Å². The molecule has 1 rings (SSSR count). The molecule has 0 spiro atoms. The van der Waals surface area contributed by atoms with Gasteiger partial charge in [0.05, 0.1) is 0 Å². The molecule has 1 aromatic rings. The summed E-state index contributed by atoms with van der Waals surface area (Å²) in [5.41, 5.74) is 0. The van der Waals surface area contributed by atoms with Crippen LogP contribution in [0.3, 0.4) is 0 Å². The highest BCUT2D eigenvalue weighted by molar-refractivity contribution is 7.11. The van der Waals surface area contributed by atoms with Crippen molar-refractivity contribution < 1.29 is 0 Å². The van der Waals surface area contributed by atoms with Gasteiger partial charge in [-0.2, -0.15) is 5.26 Å². The second-order valence-corrected chi connectivity index (χ2v) is 5.22. The molecule has 0 amide bonds. The molecule has 0 saturated carbocycles. The number of aliphatic imine (C=N–C) groups is 1. The van der Waals surface area contributed by atoms with Gasteiger partial charge < -0.3 is 0 Å². The van der Waals surface area contributed by atoms with E-state index in [0.29, 0.717) is 5.84 Å². The van der Waals surface area contributed by atoms with Crippen molar-refractivity contribution in [2.24, 2.45) is 4.99 Å². The van der Waals surface area contributed by atoms with Gasteiger partial charge in [0, 0.05) is 15.8 Å². The lowest BCUT2D eigenvalue weighted by Crippen LogP contribution is -2.16. The van der Waals surface area contributed by atoms with E-state index in [9.17, 15) is 0 Å². The van der Waals surface area contributed by atoms with Crippen LogP contribution in [0, 0.1) is 18.4 Å². The minimum atomic E-state index is 0.253. The van der Waals surface area contributed by atoms with Crippen LogP contribution in [-0.2, 0) is 6.42 Å². The molecule has 0 aromatic carbocycles. The highest BCUT2D eigenvalue weighted by Crippen LogP contribution is 2.17. The third-order valence-electron chi connectivity index (χ3n) is 2.26. The Morgan fingerprint density at radius 2 is 2.38 bits per heavy atom. The Morgan fingerprint density at radius 3 is 2.94 bits per heavy atom. The first-order valence-electron chi connectivity index (χ1n) is 5.36. The smallest absolute Gasteiger partial charge is 0.182 e. The molecule has 0 aliphatic heterocycles. The van der Waals surface area contributed by atoms with Crippen LogP contribution in [0.25, 0.3) is 0 Å². The average Bonchev–Trinajstić information content (AvgIpc) is 2.61. The summed E-state index contributed by atoms with van der Waals surface area (Å²) < 4.78 is 0. The zero-order valence-electron chi connectivity index (χ0n) is 9.95. The fraction of sp³-hybridized carbons (Fsp3) is 0.500. The van der Waals surface area contributed by atoms with Crippen LogP contribution in [0.2, 0.25) is 0 Å². The van der Waals surface area contributed by atoms with E-state index in [0.717, 1.165) is 12.8 Å². The predicted octanol–water partition coefficient (Wildman–Crippen LogP) is 2.87. The van der Waals surface area contributed by atoms with E-state index in [1.807, 2.05) is 24.5 Å². The van der Waals surface area contributed by atoms with E-state index in [-0.39, 0.29) is 6.04 Å². The Hall–Kier alpha value is -1.34. The van der Waals surface area contributed by atoms with E-state index >= 15 is 0 Å². The largest absolute Gasteiger partial charge is 0.281 e. The van der Waals surface area contributed by atoms with Crippen LogP contribution in [-0.4, -0.2) is 11.9 Å². The zero-order chi connectivity index (χ0) is 12.0. The fourth-order valence-corrected chi connectivity index (χ4v) is 2.38. The first-order chi connectivity index (χ1) is 7.61. The summed E-state index contributed by atoms with van der Waals surface area (Å²) in [5.74, 6) is 0.692. The summed E-state index contributed by atoms with van der Waals surface area (Å²) in [7, 11) is 0. The monoisotopic (exact) mass is 235 g/mol. The first-order valence-corrected chi connectivity index (χ1v) is 6.18. The number of nitrogens with zero attached hydrogens (tertiary/aromatic N) is 2. The number of nitriles is 1. The Labute approximate surface area is 101 Å². The molecule has 0 aliphatic carbocycles. The molecule has 0 bridgehead atoms. The summed E-state index contributed by atoms with van der Waals surface area (Å²) in [6, 6.07) is 4.58. The minimum Gasteiger partial charge on any atom is -0.281 e. The van der Waals surface area contributed by atoms with Crippen LogP contribution in [0.4, 0.5) is 0 Å². The number of hydrogen-bond acceptors (Lipinski definition) is 3. The maximum Gasteiger partial charge on any atom is 0.182 e. The van der Waals surface area contributed by atoms with Crippen LogP contribution < -0.4 is 5.32 Å². The molecule has 4 heteroatoms. The van der Waals surface area contributed by atoms with Gasteiger partial charge in [0.15, 0.2) is 6.19 Å². The minimum absolute atomic E-state index is 0.253. The van der Waals surface area contributed by atoms with Crippen LogP contribution in [0.1, 0.15) is 30.0 Å². The molecule has 1 aromatic heterocycles. The average molecular weight is 235 g/mol. The maximum atomic E-state index is 8.42. The molecule has 16 heavy (non-hydrogen) atoms. The number of rotatable bonds is 4. The van der Waals surface area contributed by atoms with Crippen molar-refractivity contribution >= 4 is 17.2 Å². The molecule has 0 fully saturated rings. The Bertz CT molecular complexity index is 401. The number of aryl methyl sites for hydroxylation is 2. The lowest BCUT2D eigenvalue weighted by molar-refractivity contribution is 0.670. The third kappa shape index (κ3) is 4.45. The Kier molecular flexibility index (Phi) is 5.00. The maximum absolute atomic E-state index is 8.42. The fourth-order valence-electron chi connectivity index (χ4n) is 1.48. The van der Waals surface area contributed by atoms with Crippen molar-refractivity contribution in [3.63, 3.8) is 0 Å². The van der Waals surface area contributed by atoms with Crippen LogP contribution in [0.15, 0.2) is 17.1 Å². The van der Waals surface area contributed by atoms with E-state index in [1.165, 1.54) is 9.75 Å². The Balaban J connectivity index is 2.38. The van der Waals surface area contributed by atoms with Gasteiger partial charge in [0.1, 0.15) is 5.84 Å². The molecule has 0 aliphatic rings. The highest BCUT2D eigenvalue weighted by atomic mass is 32.1. The van der Waals surface area contributed by atoms with Gasteiger partial charge in [-0.3, -0.25) is 10.3 Å². The molecular weight excluding hydrogens is 218 g/mol. The van der Waals surface area contributed by atoms with Gasteiger partial charge in [0.2, 0.25) is 0 Å². The SMILES string of the molecule is CC(=NC(C)CCc1ccc(C)s1)NC#N. The van der Waals surface area contributed by atoms with Crippen molar-refractivity contribution in [2.45, 2.75) is 39.7 Å². The second-order valence-electron chi connectivity index (χ2n) is 3.85. The topological polar surface area (TPSA) is 48.2 Å². The molecule has 1 atom stereocenters. The van der Waals surface area contributed by atoms with E-state index in [2.05, 4.69) is 36.3 Å². The van der Waals surface area contributed by atoms with Crippen molar-refractivity contribution in [1.82, 2.24) is 5.32 Å². The second kappa shape index (κ2) is 6.29. The lowest BCUT2D eigenvalue weighted by atomic mass is 10.2. The van der Waals surface area contributed by atoms with Gasteiger partial charge in [-0.15, -0.1) is 11.3 Å². The van der Waals surface area contributed by atoms with Crippen molar-refractivity contribution in [2.75, 3.05) is 0 Å². The summed E-state index contributed by atoms with van der Waals surface area (Å²) in [6.07, 6.45) is 3.95. The molecular formula is C12H17N3S. The van der Waals surface area contributed by atoms with Gasteiger partial charge >= 0.3 is 0 Å². The van der Waals surface area contributed by atoms with Crippen molar-refractivity contribution in [3.05, 3.63) is 21.9 Å². The van der Waals surface area contributed by atoms with Gasteiger partial charge in [0.25, 0.3) is 0 Å². The number of nitrogens with one attached hydrogen (secondary N) is 1. The van der Waals surface area contributed by atoms with Crippen LogP contribution in [0.5, 0.6) is 0 Å². The molecule has 0 radical (unpaired) electrons. The number of amidine groups is 1. The summed E-state index contributed by atoms with van der Waals surface area (Å²) >= 11 is 1.84. The van der Waals surface area contributed by atoms with Crippen LogP contribution >= 0.6 is 11.3 Å². The van der Waals surface area contributed by atoms with E-state index in [4.69, 9.17) is 5.26 Å². The number of hydrogen-bond donors (Lipinski definition) is 1. The van der Waals surface area contributed by atoms with Gasteiger partial charge in [-0.05, 0) is 45.7 Å².